The molecule has 1 aromatic carbocycles. The van der Waals surface area contributed by atoms with Crippen molar-refractivity contribution in [3.63, 3.8) is 0 Å². The Morgan fingerprint density at radius 2 is 2.00 bits per heavy atom. The van der Waals surface area contributed by atoms with Crippen molar-refractivity contribution in [2.45, 2.75) is 25.3 Å². The first-order chi connectivity index (χ1) is 13.8. The summed E-state index contributed by atoms with van der Waals surface area (Å²) in [6.07, 6.45) is 6.25. The number of hydrogen-bond donors (Lipinski definition) is 1. The SMILES string of the molecule is O=C1C(=Nc2ccccc2)CCN1[C@@H]1CCCN(c2ncnc3[nH]ccc23)C1. The van der Waals surface area contributed by atoms with Gasteiger partial charge in [0.25, 0.3) is 5.91 Å². The second-order valence-corrected chi connectivity index (χ2v) is 7.32. The molecule has 7 nitrogen and oxygen atoms in total. The van der Waals surface area contributed by atoms with E-state index in [4.69, 9.17) is 0 Å². The van der Waals surface area contributed by atoms with Crippen molar-refractivity contribution < 1.29 is 4.79 Å². The zero-order chi connectivity index (χ0) is 18.9. The molecule has 3 aromatic rings. The number of aromatic nitrogens is 3. The molecule has 0 unspecified atom stereocenters. The highest BCUT2D eigenvalue weighted by Gasteiger charge is 2.35. The summed E-state index contributed by atoms with van der Waals surface area (Å²) in [7, 11) is 0. The van der Waals surface area contributed by atoms with E-state index in [-0.39, 0.29) is 11.9 Å². The number of aromatic amines is 1. The van der Waals surface area contributed by atoms with E-state index >= 15 is 0 Å². The number of para-hydroxylation sites is 1. The molecular formula is C21H22N6O. The van der Waals surface area contributed by atoms with E-state index in [0.717, 1.165) is 55.0 Å². The Balaban J connectivity index is 1.35. The van der Waals surface area contributed by atoms with Crippen molar-refractivity contribution in [2.75, 3.05) is 24.5 Å². The van der Waals surface area contributed by atoms with E-state index in [1.807, 2.05) is 47.5 Å². The second kappa shape index (κ2) is 7.07. The molecule has 2 saturated heterocycles. The largest absolute Gasteiger partial charge is 0.354 e. The summed E-state index contributed by atoms with van der Waals surface area (Å²) in [5.41, 5.74) is 2.36. The molecular weight excluding hydrogens is 352 g/mol. The van der Waals surface area contributed by atoms with Gasteiger partial charge in [0.2, 0.25) is 0 Å². The molecule has 2 aliphatic rings. The summed E-state index contributed by atoms with van der Waals surface area (Å²) in [6.45, 7) is 2.48. The van der Waals surface area contributed by atoms with Crippen LogP contribution in [0.15, 0.2) is 53.9 Å². The number of nitrogens with one attached hydrogen (secondary N) is 1. The molecule has 0 spiro atoms. The minimum Gasteiger partial charge on any atom is -0.354 e. The van der Waals surface area contributed by atoms with Crippen molar-refractivity contribution in [1.29, 1.82) is 0 Å². The van der Waals surface area contributed by atoms with Crippen LogP contribution in [0, 0.1) is 0 Å². The first kappa shape index (κ1) is 16.9. The van der Waals surface area contributed by atoms with Crippen LogP contribution >= 0.6 is 0 Å². The van der Waals surface area contributed by atoms with Crippen molar-refractivity contribution in [1.82, 2.24) is 19.9 Å². The summed E-state index contributed by atoms with van der Waals surface area (Å²) >= 11 is 0. The van der Waals surface area contributed by atoms with E-state index in [1.54, 1.807) is 6.33 Å². The van der Waals surface area contributed by atoms with E-state index in [0.29, 0.717) is 12.1 Å². The smallest absolute Gasteiger partial charge is 0.268 e. The Morgan fingerprint density at radius 3 is 2.89 bits per heavy atom. The zero-order valence-electron chi connectivity index (χ0n) is 15.6. The number of carbonyl (C=O) groups is 1. The Bertz CT molecular complexity index is 1030. The lowest BCUT2D eigenvalue weighted by atomic mass is 10.0. The van der Waals surface area contributed by atoms with Crippen molar-refractivity contribution >= 4 is 34.2 Å². The van der Waals surface area contributed by atoms with Crippen LogP contribution in [-0.4, -0.2) is 57.1 Å². The number of rotatable bonds is 3. The number of amides is 1. The molecule has 2 aromatic heterocycles. The molecule has 2 fully saturated rings. The van der Waals surface area contributed by atoms with Gasteiger partial charge in [0.15, 0.2) is 0 Å². The Hall–Kier alpha value is -3.22. The number of carbonyl (C=O) groups excluding carboxylic acids is 1. The summed E-state index contributed by atoms with van der Waals surface area (Å²) in [5.74, 6) is 1.02. The molecule has 0 radical (unpaired) electrons. The van der Waals surface area contributed by atoms with E-state index in [9.17, 15) is 4.79 Å². The van der Waals surface area contributed by atoms with Gasteiger partial charge >= 0.3 is 0 Å². The minimum absolute atomic E-state index is 0.0742. The molecule has 7 heteroatoms. The molecule has 28 heavy (non-hydrogen) atoms. The molecule has 0 saturated carbocycles. The van der Waals surface area contributed by atoms with Gasteiger partial charge in [0, 0.05) is 38.3 Å². The number of aliphatic imine (C=N–C) groups is 1. The fourth-order valence-electron chi connectivity index (χ4n) is 4.22. The predicted molar refractivity (Wildman–Crippen MR) is 109 cm³/mol. The topological polar surface area (TPSA) is 77.5 Å². The highest BCUT2D eigenvalue weighted by molar-refractivity contribution is 6.41. The zero-order valence-corrected chi connectivity index (χ0v) is 15.6. The lowest BCUT2D eigenvalue weighted by Crippen LogP contribution is -2.49. The van der Waals surface area contributed by atoms with Gasteiger partial charge in [0.05, 0.1) is 11.1 Å². The quantitative estimate of drug-likeness (QED) is 0.765. The lowest BCUT2D eigenvalue weighted by molar-refractivity contribution is -0.124. The Kier molecular flexibility index (Phi) is 4.27. The molecule has 5 rings (SSSR count). The summed E-state index contributed by atoms with van der Waals surface area (Å²) in [6, 6.07) is 11.9. The van der Waals surface area contributed by atoms with Crippen LogP contribution in [0.3, 0.4) is 0 Å². The van der Waals surface area contributed by atoms with E-state index < -0.39 is 0 Å². The molecule has 0 aliphatic carbocycles. The fraction of sp³-hybridized carbons (Fsp3) is 0.333. The van der Waals surface area contributed by atoms with Crippen LogP contribution in [-0.2, 0) is 4.79 Å². The molecule has 1 amide bonds. The maximum absolute atomic E-state index is 13.0. The average Bonchev–Trinajstić information content (AvgIpc) is 3.36. The normalized spacial score (nSPS) is 21.8. The first-order valence-electron chi connectivity index (χ1n) is 9.76. The van der Waals surface area contributed by atoms with Gasteiger partial charge in [-0.1, -0.05) is 18.2 Å². The van der Waals surface area contributed by atoms with Crippen LogP contribution in [0.2, 0.25) is 0 Å². The number of anilines is 1. The maximum atomic E-state index is 13.0. The number of nitrogens with zero attached hydrogens (tertiary/aromatic N) is 5. The third kappa shape index (κ3) is 3.02. The average molecular weight is 374 g/mol. The van der Waals surface area contributed by atoms with Gasteiger partial charge in [-0.2, -0.15) is 0 Å². The highest BCUT2D eigenvalue weighted by Crippen LogP contribution is 2.28. The fourth-order valence-corrected chi connectivity index (χ4v) is 4.22. The molecule has 2 aliphatic heterocycles. The number of hydrogen-bond acceptors (Lipinski definition) is 5. The Labute approximate surface area is 163 Å². The first-order valence-corrected chi connectivity index (χ1v) is 9.76. The van der Waals surface area contributed by atoms with Crippen LogP contribution in [0.25, 0.3) is 11.0 Å². The molecule has 142 valence electrons. The van der Waals surface area contributed by atoms with Crippen LogP contribution in [0.5, 0.6) is 0 Å². The number of fused-ring (bicyclic) bond motifs is 1. The summed E-state index contributed by atoms with van der Waals surface area (Å²) in [4.78, 5) is 33.8. The standard InChI is InChI=1S/C21H22N6O/c28-21-18(25-15-5-2-1-3-6-15)9-12-27(21)16-7-4-11-26(13-16)20-17-8-10-22-19(17)23-14-24-20/h1-3,5-6,8,10,14,16H,4,7,9,11-13H2,(H,22,23,24)/t16-/m1/s1. The van der Waals surface area contributed by atoms with Gasteiger partial charge in [-0.05, 0) is 31.0 Å². The second-order valence-electron chi connectivity index (χ2n) is 7.32. The van der Waals surface area contributed by atoms with E-state index in [1.165, 1.54) is 0 Å². The van der Waals surface area contributed by atoms with Crippen LogP contribution < -0.4 is 4.90 Å². The summed E-state index contributed by atoms with van der Waals surface area (Å²) in [5, 5.41) is 1.03. The number of benzene rings is 1. The van der Waals surface area contributed by atoms with Gasteiger partial charge < -0.3 is 14.8 Å². The molecule has 1 atom stereocenters. The van der Waals surface area contributed by atoms with Crippen molar-refractivity contribution in [2.24, 2.45) is 4.99 Å². The minimum atomic E-state index is 0.0742. The third-order valence-electron chi connectivity index (χ3n) is 5.59. The lowest BCUT2D eigenvalue weighted by Gasteiger charge is -2.38. The molecule has 1 N–H and O–H groups in total. The Morgan fingerprint density at radius 1 is 1.11 bits per heavy atom. The number of H-pyrrole nitrogens is 1. The van der Waals surface area contributed by atoms with Crippen molar-refractivity contribution in [3.05, 3.63) is 48.9 Å². The predicted octanol–water partition coefficient (Wildman–Crippen LogP) is 2.93. The van der Waals surface area contributed by atoms with Gasteiger partial charge in [0.1, 0.15) is 23.5 Å². The highest BCUT2D eigenvalue weighted by atomic mass is 16.2. The summed E-state index contributed by atoms with van der Waals surface area (Å²) < 4.78 is 0. The molecule has 0 bridgehead atoms. The van der Waals surface area contributed by atoms with Crippen LogP contribution in [0.1, 0.15) is 19.3 Å². The monoisotopic (exact) mass is 374 g/mol. The van der Waals surface area contributed by atoms with Crippen molar-refractivity contribution in [3.8, 4) is 0 Å². The van der Waals surface area contributed by atoms with Gasteiger partial charge in [-0.15, -0.1) is 0 Å². The van der Waals surface area contributed by atoms with Gasteiger partial charge in [-0.3, -0.25) is 4.79 Å². The van der Waals surface area contributed by atoms with E-state index in [2.05, 4.69) is 24.8 Å². The number of piperidine rings is 1. The molecule has 4 heterocycles. The number of likely N-dealkylation sites (tertiary alicyclic amines) is 1. The maximum Gasteiger partial charge on any atom is 0.268 e. The van der Waals surface area contributed by atoms with Gasteiger partial charge in [-0.25, -0.2) is 15.0 Å². The third-order valence-corrected chi connectivity index (χ3v) is 5.59. The van der Waals surface area contributed by atoms with Crippen LogP contribution in [0.4, 0.5) is 11.5 Å².